The van der Waals surface area contributed by atoms with Crippen LogP contribution in [0.3, 0.4) is 0 Å². The number of hydrogen-bond acceptors (Lipinski definition) is 6. The SMILES string of the molecule is NC/C(=C\F)COc1ccc(-c2nc(N3CCOCC3)n[nH]2)c(F)c1. The van der Waals surface area contributed by atoms with Crippen LogP contribution in [-0.4, -0.2) is 54.6 Å². The monoisotopic (exact) mass is 351 g/mol. The second-order valence-corrected chi connectivity index (χ2v) is 5.49. The fraction of sp³-hybridized carbons (Fsp3) is 0.375. The number of rotatable bonds is 6. The molecule has 2 heterocycles. The summed E-state index contributed by atoms with van der Waals surface area (Å²) < 4.78 is 37.4. The molecule has 0 amide bonds. The number of aromatic amines is 1. The lowest BCUT2D eigenvalue weighted by atomic mass is 10.2. The van der Waals surface area contributed by atoms with Crippen LogP contribution in [-0.2, 0) is 4.74 Å². The molecule has 0 spiro atoms. The van der Waals surface area contributed by atoms with E-state index < -0.39 is 5.82 Å². The van der Waals surface area contributed by atoms with Gasteiger partial charge in [0.1, 0.15) is 18.2 Å². The molecule has 2 aromatic rings. The smallest absolute Gasteiger partial charge is 0.245 e. The summed E-state index contributed by atoms with van der Waals surface area (Å²) in [6.07, 6.45) is 0.395. The molecule has 1 saturated heterocycles. The zero-order chi connectivity index (χ0) is 17.6. The summed E-state index contributed by atoms with van der Waals surface area (Å²) in [5.74, 6) is 0.609. The molecular formula is C16H19F2N5O2. The quantitative estimate of drug-likeness (QED) is 0.822. The van der Waals surface area contributed by atoms with E-state index in [-0.39, 0.29) is 30.0 Å². The van der Waals surface area contributed by atoms with E-state index in [2.05, 4.69) is 15.2 Å². The van der Waals surface area contributed by atoms with Gasteiger partial charge in [-0.3, -0.25) is 5.10 Å². The Balaban J connectivity index is 1.71. The minimum absolute atomic E-state index is 0.0325. The lowest BCUT2D eigenvalue weighted by Crippen LogP contribution is -2.36. The fourth-order valence-electron chi connectivity index (χ4n) is 2.37. The van der Waals surface area contributed by atoms with Crippen LogP contribution in [0.4, 0.5) is 14.7 Å². The topological polar surface area (TPSA) is 89.3 Å². The van der Waals surface area contributed by atoms with Gasteiger partial charge in [-0.1, -0.05) is 0 Å². The van der Waals surface area contributed by atoms with Crippen molar-refractivity contribution in [2.75, 3.05) is 44.4 Å². The number of ether oxygens (including phenoxy) is 2. The average molecular weight is 351 g/mol. The zero-order valence-corrected chi connectivity index (χ0v) is 13.5. The number of morpholine rings is 1. The van der Waals surface area contributed by atoms with E-state index in [4.69, 9.17) is 15.2 Å². The normalized spacial score (nSPS) is 15.5. The van der Waals surface area contributed by atoms with Crippen molar-refractivity contribution in [3.05, 3.63) is 35.9 Å². The Morgan fingerprint density at radius 3 is 2.88 bits per heavy atom. The predicted molar refractivity (Wildman–Crippen MR) is 88.5 cm³/mol. The average Bonchev–Trinajstić information content (AvgIpc) is 3.13. The highest BCUT2D eigenvalue weighted by atomic mass is 19.1. The van der Waals surface area contributed by atoms with Crippen molar-refractivity contribution in [1.29, 1.82) is 0 Å². The molecule has 1 aliphatic heterocycles. The fourth-order valence-corrected chi connectivity index (χ4v) is 2.37. The lowest BCUT2D eigenvalue weighted by Gasteiger charge is -2.25. The molecule has 0 atom stereocenters. The number of hydrogen-bond donors (Lipinski definition) is 2. The van der Waals surface area contributed by atoms with E-state index in [1.807, 2.05) is 4.90 Å². The maximum atomic E-state index is 14.4. The molecular weight excluding hydrogens is 332 g/mol. The van der Waals surface area contributed by atoms with Crippen molar-refractivity contribution in [3.63, 3.8) is 0 Å². The van der Waals surface area contributed by atoms with Gasteiger partial charge in [-0.25, -0.2) is 8.78 Å². The minimum Gasteiger partial charge on any atom is -0.489 e. The summed E-state index contributed by atoms with van der Waals surface area (Å²) in [7, 11) is 0. The maximum absolute atomic E-state index is 14.4. The molecule has 1 aromatic heterocycles. The predicted octanol–water partition coefficient (Wildman–Crippen LogP) is 1.64. The third-order valence-electron chi connectivity index (χ3n) is 3.80. The van der Waals surface area contributed by atoms with Gasteiger partial charge in [0.25, 0.3) is 0 Å². The number of nitrogens with two attached hydrogens (primary N) is 1. The molecule has 0 unspecified atom stereocenters. The summed E-state index contributed by atoms with van der Waals surface area (Å²) in [5, 5.41) is 6.88. The maximum Gasteiger partial charge on any atom is 0.245 e. The van der Waals surface area contributed by atoms with Crippen LogP contribution in [0.25, 0.3) is 11.4 Å². The van der Waals surface area contributed by atoms with Crippen LogP contribution >= 0.6 is 0 Å². The molecule has 7 nitrogen and oxygen atoms in total. The summed E-state index contributed by atoms with van der Waals surface area (Å²) in [6, 6.07) is 4.34. The number of nitrogens with zero attached hydrogens (tertiary/aromatic N) is 3. The van der Waals surface area contributed by atoms with Crippen LogP contribution in [0.1, 0.15) is 0 Å². The Morgan fingerprint density at radius 2 is 2.20 bits per heavy atom. The molecule has 25 heavy (non-hydrogen) atoms. The molecule has 9 heteroatoms. The second-order valence-electron chi connectivity index (χ2n) is 5.49. The highest BCUT2D eigenvalue weighted by Gasteiger charge is 2.17. The van der Waals surface area contributed by atoms with Crippen LogP contribution in [0, 0.1) is 5.82 Å². The summed E-state index contributed by atoms with van der Waals surface area (Å²) in [5.41, 5.74) is 5.91. The van der Waals surface area contributed by atoms with Gasteiger partial charge in [0, 0.05) is 31.3 Å². The second kappa shape index (κ2) is 8.04. The standard InChI is InChI=1S/C16H19F2N5O2/c17-8-11(9-19)10-25-12-1-2-13(14(18)7-12)15-20-16(22-21-15)23-3-5-24-6-4-23/h1-2,7-8H,3-6,9-10,19H2,(H,20,21,22)/b11-8+. The van der Waals surface area contributed by atoms with E-state index in [1.165, 1.54) is 12.1 Å². The molecule has 3 N–H and O–H groups in total. The molecule has 3 rings (SSSR count). The van der Waals surface area contributed by atoms with Crippen molar-refractivity contribution in [1.82, 2.24) is 15.2 Å². The van der Waals surface area contributed by atoms with Gasteiger partial charge < -0.3 is 20.1 Å². The Labute approximate surface area is 143 Å². The Kier molecular flexibility index (Phi) is 5.56. The lowest BCUT2D eigenvalue weighted by molar-refractivity contribution is 0.122. The molecule has 1 aromatic carbocycles. The Morgan fingerprint density at radius 1 is 1.40 bits per heavy atom. The number of anilines is 1. The molecule has 134 valence electrons. The number of aromatic nitrogens is 3. The summed E-state index contributed by atoms with van der Waals surface area (Å²) in [6.45, 7) is 2.62. The van der Waals surface area contributed by atoms with Gasteiger partial charge in [-0.2, -0.15) is 4.98 Å². The Hall–Kier alpha value is -2.52. The van der Waals surface area contributed by atoms with Gasteiger partial charge in [-0.05, 0) is 12.1 Å². The van der Waals surface area contributed by atoms with E-state index in [1.54, 1.807) is 6.07 Å². The Bertz CT molecular complexity index is 744. The van der Waals surface area contributed by atoms with Crippen molar-refractivity contribution in [2.24, 2.45) is 5.73 Å². The molecule has 0 radical (unpaired) electrons. The van der Waals surface area contributed by atoms with Gasteiger partial charge in [-0.15, -0.1) is 5.10 Å². The van der Waals surface area contributed by atoms with Crippen LogP contribution in [0.5, 0.6) is 5.75 Å². The number of nitrogens with one attached hydrogen (secondary N) is 1. The molecule has 1 fully saturated rings. The summed E-state index contributed by atoms with van der Waals surface area (Å²) in [4.78, 5) is 6.31. The van der Waals surface area contributed by atoms with Gasteiger partial charge >= 0.3 is 0 Å². The van der Waals surface area contributed by atoms with E-state index in [9.17, 15) is 8.78 Å². The van der Waals surface area contributed by atoms with Crippen molar-refractivity contribution >= 4 is 5.95 Å². The van der Waals surface area contributed by atoms with Crippen molar-refractivity contribution < 1.29 is 18.3 Å². The molecule has 0 aliphatic carbocycles. The largest absolute Gasteiger partial charge is 0.489 e. The number of halogens is 2. The zero-order valence-electron chi connectivity index (χ0n) is 13.5. The van der Waals surface area contributed by atoms with Crippen molar-refractivity contribution in [3.8, 4) is 17.1 Å². The first kappa shape index (κ1) is 17.3. The first-order valence-corrected chi connectivity index (χ1v) is 7.87. The third kappa shape index (κ3) is 4.12. The van der Waals surface area contributed by atoms with Crippen LogP contribution in [0.2, 0.25) is 0 Å². The summed E-state index contributed by atoms with van der Waals surface area (Å²) >= 11 is 0. The van der Waals surface area contributed by atoms with E-state index >= 15 is 0 Å². The third-order valence-corrected chi connectivity index (χ3v) is 3.80. The van der Waals surface area contributed by atoms with E-state index in [0.717, 1.165) is 0 Å². The van der Waals surface area contributed by atoms with Gasteiger partial charge in [0.15, 0.2) is 5.82 Å². The molecule has 0 bridgehead atoms. The highest BCUT2D eigenvalue weighted by molar-refractivity contribution is 5.58. The number of H-pyrrole nitrogens is 1. The van der Waals surface area contributed by atoms with Crippen LogP contribution < -0.4 is 15.4 Å². The highest BCUT2D eigenvalue weighted by Crippen LogP contribution is 2.25. The van der Waals surface area contributed by atoms with Crippen LogP contribution in [0.15, 0.2) is 30.1 Å². The first-order chi connectivity index (χ1) is 12.2. The molecule has 1 aliphatic rings. The minimum atomic E-state index is -0.513. The number of benzene rings is 1. The molecule has 0 saturated carbocycles. The van der Waals surface area contributed by atoms with Gasteiger partial charge in [0.2, 0.25) is 5.95 Å². The van der Waals surface area contributed by atoms with E-state index in [0.29, 0.717) is 44.4 Å². The first-order valence-electron chi connectivity index (χ1n) is 7.87. The van der Waals surface area contributed by atoms with Crippen molar-refractivity contribution in [2.45, 2.75) is 0 Å². The van der Waals surface area contributed by atoms with Gasteiger partial charge in [0.05, 0.1) is 25.1 Å².